The Kier molecular flexibility index (Phi) is 5.59. The summed E-state index contributed by atoms with van der Waals surface area (Å²) in [7, 11) is 0. The SMILES string of the molecule is O=C(NCCn1ccnc1)Nc1ccc(N2CCCCC2)c(Cl)c1. The predicted octanol–water partition coefficient (Wildman–Crippen LogP) is 3.35. The van der Waals surface area contributed by atoms with Gasteiger partial charge in [0.25, 0.3) is 0 Å². The van der Waals surface area contributed by atoms with Crippen molar-refractivity contribution in [3.8, 4) is 0 Å². The molecule has 2 N–H and O–H groups in total. The normalized spacial score (nSPS) is 14.5. The Morgan fingerprint density at radius 2 is 2.08 bits per heavy atom. The van der Waals surface area contributed by atoms with Crippen molar-refractivity contribution in [1.29, 1.82) is 0 Å². The highest BCUT2D eigenvalue weighted by molar-refractivity contribution is 6.33. The van der Waals surface area contributed by atoms with E-state index in [0.717, 1.165) is 18.8 Å². The van der Waals surface area contributed by atoms with Crippen LogP contribution in [0.2, 0.25) is 5.02 Å². The van der Waals surface area contributed by atoms with Gasteiger partial charge in [-0.25, -0.2) is 9.78 Å². The Balaban J connectivity index is 1.51. The summed E-state index contributed by atoms with van der Waals surface area (Å²) in [5.74, 6) is 0. The van der Waals surface area contributed by atoms with Gasteiger partial charge in [0.05, 0.1) is 17.0 Å². The van der Waals surface area contributed by atoms with E-state index >= 15 is 0 Å². The molecule has 7 heteroatoms. The zero-order valence-corrected chi connectivity index (χ0v) is 14.3. The van der Waals surface area contributed by atoms with Gasteiger partial charge in [-0.3, -0.25) is 0 Å². The molecule has 128 valence electrons. The van der Waals surface area contributed by atoms with Crippen LogP contribution < -0.4 is 15.5 Å². The highest BCUT2D eigenvalue weighted by atomic mass is 35.5. The van der Waals surface area contributed by atoms with E-state index in [9.17, 15) is 4.79 Å². The Hall–Kier alpha value is -2.21. The summed E-state index contributed by atoms with van der Waals surface area (Å²) in [4.78, 5) is 18.2. The van der Waals surface area contributed by atoms with Gasteiger partial charge in [-0.1, -0.05) is 11.6 Å². The second kappa shape index (κ2) is 8.06. The molecule has 6 nitrogen and oxygen atoms in total. The van der Waals surface area contributed by atoms with Gasteiger partial charge >= 0.3 is 6.03 Å². The number of hydrogen-bond acceptors (Lipinski definition) is 3. The summed E-state index contributed by atoms with van der Waals surface area (Å²) in [6.45, 7) is 3.30. The van der Waals surface area contributed by atoms with E-state index in [2.05, 4.69) is 20.5 Å². The van der Waals surface area contributed by atoms with E-state index in [-0.39, 0.29) is 6.03 Å². The zero-order chi connectivity index (χ0) is 16.8. The number of urea groups is 1. The maximum atomic E-state index is 11.9. The summed E-state index contributed by atoms with van der Waals surface area (Å²) < 4.78 is 1.91. The lowest BCUT2D eigenvalue weighted by Gasteiger charge is -2.29. The van der Waals surface area contributed by atoms with Crippen molar-refractivity contribution in [3.63, 3.8) is 0 Å². The molecule has 0 saturated carbocycles. The summed E-state index contributed by atoms with van der Waals surface area (Å²) in [5.41, 5.74) is 1.74. The molecule has 1 aliphatic rings. The fourth-order valence-corrected chi connectivity index (χ4v) is 3.17. The van der Waals surface area contributed by atoms with Crippen LogP contribution in [0, 0.1) is 0 Å². The number of halogens is 1. The maximum Gasteiger partial charge on any atom is 0.319 e. The molecule has 0 unspecified atom stereocenters. The van der Waals surface area contributed by atoms with Gasteiger partial charge in [0.2, 0.25) is 0 Å². The first-order valence-electron chi connectivity index (χ1n) is 8.27. The first-order chi connectivity index (χ1) is 11.7. The van der Waals surface area contributed by atoms with Crippen LogP contribution in [-0.4, -0.2) is 35.2 Å². The number of rotatable bonds is 5. The minimum absolute atomic E-state index is 0.239. The van der Waals surface area contributed by atoms with Crippen LogP contribution in [0.15, 0.2) is 36.9 Å². The molecular weight excluding hydrogens is 326 g/mol. The fraction of sp³-hybridized carbons (Fsp3) is 0.412. The van der Waals surface area contributed by atoms with E-state index in [0.29, 0.717) is 23.8 Å². The van der Waals surface area contributed by atoms with Crippen LogP contribution in [0.3, 0.4) is 0 Å². The highest BCUT2D eigenvalue weighted by Gasteiger charge is 2.14. The van der Waals surface area contributed by atoms with Crippen molar-refractivity contribution in [2.45, 2.75) is 25.8 Å². The van der Waals surface area contributed by atoms with E-state index in [1.54, 1.807) is 18.6 Å². The van der Waals surface area contributed by atoms with Crippen molar-refractivity contribution in [1.82, 2.24) is 14.9 Å². The molecule has 1 aromatic carbocycles. The number of hydrogen-bond donors (Lipinski definition) is 2. The van der Waals surface area contributed by atoms with E-state index in [1.165, 1.54) is 19.3 Å². The first kappa shape index (κ1) is 16.6. The molecule has 0 atom stereocenters. The van der Waals surface area contributed by atoms with Crippen molar-refractivity contribution in [2.75, 3.05) is 29.9 Å². The maximum absolute atomic E-state index is 11.9. The van der Waals surface area contributed by atoms with E-state index < -0.39 is 0 Å². The second-order valence-corrected chi connectivity index (χ2v) is 6.30. The molecule has 0 bridgehead atoms. The number of piperidine rings is 1. The quantitative estimate of drug-likeness (QED) is 0.871. The van der Waals surface area contributed by atoms with Gasteiger partial charge in [0.15, 0.2) is 0 Å². The Morgan fingerprint density at radius 1 is 1.25 bits per heavy atom. The number of imidazole rings is 1. The molecule has 24 heavy (non-hydrogen) atoms. The molecule has 3 rings (SSSR count). The van der Waals surface area contributed by atoms with Crippen molar-refractivity contribution in [3.05, 3.63) is 41.9 Å². The van der Waals surface area contributed by atoms with Gasteiger partial charge in [0.1, 0.15) is 0 Å². The lowest BCUT2D eigenvalue weighted by molar-refractivity contribution is 0.251. The van der Waals surface area contributed by atoms with Gasteiger partial charge in [-0.15, -0.1) is 0 Å². The zero-order valence-electron chi connectivity index (χ0n) is 13.5. The Labute approximate surface area is 146 Å². The molecule has 0 radical (unpaired) electrons. The monoisotopic (exact) mass is 347 g/mol. The largest absolute Gasteiger partial charge is 0.370 e. The number of amides is 2. The fourth-order valence-electron chi connectivity index (χ4n) is 2.87. The molecule has 2 aromatic rings. The standard InChI is InChI=1S/C17H22ClN5O/c18-15-12-14(4-5-16(15)23-8-2-1-3-9-23)21-17(24)20-7-11-22-10-6-19-13-22/h4-6,10,12-13H,1-3,7-9,11H2,(H2,20,21,24). The van der Waals surface area contributed by atoms with Crippen LogP contribution in [0.4, 0.5) is 16.2 Å². The number of carbonyl (C=O) groups excluding carboxylic acids is 1. The number of nitrogens with zero attached hydrogens (tertiary/aromatic N) is 3. The molecule has 1 aliphatic heterocycles. The van der Waals surface area contributed by atoms with Crippen LogP contribution >= 0.6 is 11.6 Å². The summed E-state index contributed by atoms with van der Waals surface area (Å²) in [6, 6.07) is 5.44. The summed E-state index contributed by atoms with van der Waals surface area (Å²) >= 11 is 6.39. The number of carbonyl (C=O) groups is 1. The number of anilines is 2. The smallest absolute Gasteiger partial charge is 0.319 e. The van der Waals surface area contributed by atoms with Gasteiger partial charge < -0.3 is 20.1 Å². The van der Waals surface area contributed by atoms with Crippen LogP contribution in [0.1, 0.15) is 19.3 Å². The lowest BCUT2D eigenvalue weighted by atomic mass is 10.1. The lowest BCUT2D eigenvalue weighted by Crippen LogP contribution is -2.31. The van der Waals surface area contributed by atoms with Crippen molar-refractivity contribution in [2.24, 2.45) is 0 Å². The van der Waals surface area contributed by atoms with Crippen LogP contribution in [0.25, 0.3) is 0 Å². The molecule has 0 aliphatic carbocycles. The molecule has 2 amide bonds. The molecule has 2 heterocycles. The molecule has 1 saturated heterocycles. The van der Waals surface area contributed by atoms with Crippen LogP contribution in [0.5, 0.6) is 0 Å². The average molecular weight is 348 g/mol. The first-order valence-corrected chi connectivity index (χ1v) is 8.65. The van der Waals surface area contributed by atoms with E-state index in [4.69, 9.17) is 11.6 Å². The van der Waals surface area contributed by atoms with Gasteiger partial charge in [-0.05, 0) is 37.5 Å². The van der Waals surface area contributed by atoms with Gasteiger partial charge in [-0.2, -0.15) is 0 Å². The minimum Gasteiger partial charge on any atom is -0.370 e. The third kappa shape index (κ3) is 4.41. The molecule has 1 fully saturated rings. The molecule has 1 aromatic heterocycles. The molecular formula is C17H22ClN5O. The topological polar surface area (TPSA) is 62.2 Å². The minimum atomic E-state index is -0.239. The third-order valence-corrected chi connectivity index (χ3v) is 4.42. The molecule has 0 spiro atoms. The second-order valence-electron chi connectivity index (χ2n) is 5.90. The van der Waals surface area contributed by atoms with Gasteiger partial charge in [0, 0.05) is 44.3 Å². The van der Waals surface area contributed by atoms with E-state index in [1.807, 2.05) is 22.9 Å². The number of benzene rings is 1. The Morgan fingerprint density at radius 3 is 2.79 bits per heavy atom. The number of nitrogens with one attached hydrogen (secondary N) is 2. The summed E-state index contributed by atoms with van der Waals surface area (Å²) in [6.07, 6.45) is 8.99. The Bertz CT molecular complexity index is 668. The highest BCUT2D eigenvalue weighted by Crippen LogP contribution is 2.30. The number of aromatic nitrogens is 2. The van der Waals surface area contributed by atoms with Crippen LogP contribution in [-0.2, 0) is 6.54 Å². The average Bonchev–Trinajstić information content (AvgIpc) is 3.09. The van der Waals surface area contributed by atoms with Crippen molar-refractivity contribution < 1.29 is 4.79 Å². The summed E-state index contributed by atoms with van der Waals surface area (Å²) in [5, 5.41) is 6.30. The third-order valence-electron chi connectivity index (χ3n) is 4.12. The van der Waals surface area contributed by atoms with Crippen molar-refractivity contribution >= 4 is 29.0 Å². The predicted molar refractivity (Wildman–Crippen MR) is 96.8 cm³/mol.